The molecule has 122 valence electrons. The van der Waals surface area contributed by atoms with Gasteiger partial charge >= 0.3 is 0 Å². The number of piperazine rings is 1. The lowest BCUT2D eigenvalue weighted by Gasteiger charge is -2.37. The first-order valence-corrected chi connectivity index (χ1v) is 8.25. The monoisotopic (exact) mass is 342 g/mol. The molecule has 0 unspecified atom stereocenters. The van der Waals surface area contributed by atoms with Crippen LogP contribution in [0.3, 0.4) is 0 Å². The zero-order valence-corrected chi connectivity index (χ0v) is 13.7. The smallest absolute Gasteiger partial charge is 0.149 e. The topological polar surface area (TPSA) is 32.3 Å². The van der Waals surface area contributed by atoms with Crippen molar-refractivity contribution in [1.82, 2.24) is 9.97 Å². The molecule has 1 aliphatic heterocycles. The predicted molar refractivity (Wildman–Crippen MR) is 95.4 cm³/mol. The Morgan fingerprint density at radius 2 is 1.58 bits per heavy atom. The zero-order chi connectivity index (χ0) is 16.5. The first-order chi connectivity index (χ1) is 11.7. The number of para-hydroxylation sites is 1. The van der Waals surface area contributed by atoms with Gasteiger partial charge in [0.25, 0.3) is 0 Å². The molecule has 4 rings (SSSR count). The van der Waals surface area contributed by atoms with E-state index in [2.05, 4.69) is 19.8 Å². The molecule has 1 aromatic heterocycles. The molecule has 0 amide bonds. The molecule has 0 saturated carbocycles. The number of rotatable bonds is 2. The highest BCUT2D eigenvalue weighted by molar-refractivity contribution is 6.30. The average molecular weight is 343 g/mol. The highest BCUT2D eigenvalue weighted by Crippen LogP contribution is 2.26. The van der Waals surface area contributed by atoms with Crippen LogP contribution >= 0.6 is 11.6 Å². The molecule has 1 fully saturated rings. The Morgan fingerprint density at radius 3 is 2.33 bits per heavy atom. The standard InChI is InChI=1S/C18H16ClFN4/c19-13-4-6-14(7-5-13)23-8-10-24(11-9-23)18-15-2-1-3-16(20)17(15)21-12-22-18/h1-7,12H,8-11H2. The van der Waals surface area contributed by atoms with Gasteiger partial charge in [-0.25, -0.2) is 14.4 Å². The van der Waals surface area contributed by atoms with E-state index in [1.807, 2.05) is 30.3 Å². The predicted octanol–water partition coefficient (Wildman–Crippen LogP) is 3.75. The van der Waals surface area contributed by atoms with Crippen LogP contribution in [0.2, 0.25) is 5.02 Å². The summed E-state index contributed by atoms with van der Waals surface area (Å²) in [6, 6.07) is 12.9. The molecule has 0 spiro atoms. The third-order valence-corrected chi connectivity index (χ3v) is 4.62. The van der Waals surface area contributed by atoms with Crippen molar-refractivity contribution in [1.29, 1.82) is 0 Å². The number of hydrogen-bond donors (Lipinski definition) is 0. The molecule has 0 radical (unpaired) electrons. The molecule has 1 aliphatic rings. The summed E-state index contributed by atoms with van der Waals surface area (Å²) in [5.74, 6) is 0.492. The quantitative estimate of drug-likeness (QED) is 0.710. The summed E-state index contributed by atoms with van der Waals surface area (Å²) in [6.07, 6.45) is 1.44. The van der Waals surface area contributed by atoms with Gasteiger partial charge in [-0.05, 0) is 36.4 Å². The number of aromatic nitrogens is 2. The maximum absolute atomic E-state index is 13.9. The summed E-state index contributed by atoms with van der Waals surface area (Å²) in [5.41, 5.74) is 1.54. The summed E-state index contributed by atoms with van der Waals surface area (Å²) in [7, 11) is 0. The first-order valence-electron chi connectivity index (χ1n) is 7.87. The maximum Gasteiger partial charge on any atom is 0.149 e. The van der Waals surface area contributed by atoms with Gasteiger partial charge in [0.1, 0.15) is 23.5 Å². The number of halogens is 2. The summed E-state index contributed by atoms with van der Waals surface area (Å²) in [4.78, 5) is 13.0. The molecule has 1 saturated heterocycles. The molecule has 3 aromatic rings. The fourth-order valence-electron chi connectivity index (χ4n) is 3.12. The molecule has 0 atom stereocenters. The van der Waals surface area contributed by atoms with Gasteiger partial charge in [-0.2, -0.15) is 0 Å². The second-order valence-corrected chi connectivity index (χ2v) is 6.22. The fraction of sp³-hybridized carbons (Fsp3) is 0.222. The van der Waals surface area contributed by atoms with Gasteiger partial charge in [0.05, 0.1) is 0 Å². The fourth-order valence-corrected chi connectivity index (χ4v) is 3.24. The Labute approximate surface area is 144 Å². The number of nitrogens with zero attached hydrogens (tertiary/aromatic N) is 4. The van der Waals surface area contributed by atoms with E-state index in [-0.39, 0.29) is 5.82 Å². The summed E-state index contributed by atoms with van der Waals surface area (Å²) in [6.45, 7) is 3.40. The number of anilines is 2. The van der Waals surface area contributed by atoms with Gasteiger partial charge in [-0.15, -0.1) is 0 Å². The Kier molecular flexibility index (Phi) is 3.94. The highest BCUT2D eigenvalue weighted by Gasteiger charge is 2.20. The van der Waals surface area contributed by atoms with Crippen molar-refractivity contribution < 1.29 is 4.39 Å². The molecule has 0 N–H and O–H groups in total. The van der Waals surface area contributed by atoms with E-state index in [0.29, 0.717) is 5.52 Å². The normalized spacial score (nSPS) is 15.1. The molecular weight excluding hydrogens is 327 g/mol. The molecule has 0 aliphatic carbocycles. The van der Waals surface area contributed by atoms with Crippen LogP contribution in [-0.4, -0.2) is 36.1 Å². The zero-order valence-electron chi connectivity index (χ0n) is 13.0. The van der Waals surface area contributed by atoms with Gasteiger partial charge in [-0.3, -0.25) is 0 Å². The molecule has 6 heteroatoms. The third-order valence-electron chi connectivity index (χ3n) is 4.37. The van der Waals surface area contributed by atoms with Crippen molar-refractivity contribution in [3.05, 3.63) is 59.6 Å². The van der Waals surface area contributed by atoms with Crippen molar-refractivity contribution in [2.45, 2.75) is 0 Å². The van der Waals surface area contributed by atoms with Crippen LogP contribution in [0.25, 0.3) is 10.9 Å². The largest absolute Gasteiger partial charge is 0.368 e. The van der Waals surface area contributed by atoms with Crippen LogP contribution in [0.4, 0.5) is 15.9 Å². The summed E-state index contributed by atoms with van der Waals surface area (Å²) in [5, 5.41) is 1.50. The van der Waals surface area contributed by atoms with Gasteiger partial charge in [-0.1, -0.05) is 17.7 Å². The van der Waals surface area contributed by atoms with Crippen molar-refractivity contribution in [3.8, 4) is 0 Å². The molecule has 24 heavy (non-hydrogen) atoms. The van der Waals surface area contributed by atoms with Gasteiger partial charge < -0.3 is 9.80 Å². The van der Waals surface area contributed by atoms with E-state index in [1.165, 1.54) is 12.4 Å². The second kappa shape index (κ2) is 6.24. The Morgan fingerprint density at radius 1 is 0.875 bits per heavy atom. The van der Waals surface area contributed by atoms with Crippen LogP contribution in [-0.2, 0) is 0 Å². The minimum Gasteiger partial charge on any atom is -0.368 e. The maximum atomic E-state index is 13.9. The second-order valence-electron chi connectivity index (χ2n) is 5.78. The Balaban J connectivity index is 1.56. The van der Waals surface area contributed by atoms with Crippen molar-refractivity contribution in [3.63, 3.8) is 0 Å². The molecule has 4 nitrogen and oxygen atoms in total. The van der Waals surface area contributed by atoms with E-state index in [1.54, 1.807) is 6.07 Å². The van der Waals surface area contributed by atoms with Crippen LogP contribution in [0, 0.1) is 5.82 Å². The summed E-state index contributed by atoms with van der Waals surface area (Å²) < 4.78 is 13.9. The minimum atomic E-state index is -0.309. The molecule has 0 bridgehead atoms. The van der Waals surface area contributed by atoms with E-state index in [9.17, 15) is 4.39 Å². The SMILES string of the molecule is Fc1cccc2c(N3CCN(c4ccc(Cl)cc4)CC3)ncnc12. The van der Waals surface area contributed by atoms with E-state index >= 15 is 0 Å². The lowest BCUT2D eigenvalue weighted by Crippen LogP contribution is -2.46. The van der Waals surface area contributed by atoms with Gasteiger partial charge in [0, 0.05) is 42.3 Å². The number of hydrogen-bond acceptors (Lipinski definition) is 4. The third kappa shape index (κ3) is 2.76. The lowest BCUT2D eigenvalue weighted by atomic mass is 10.2. The van der Waals surface area contributed by atoms with E-state index in [0.717, 1.165) is 48.1 Å². The van der Waals surface area contributed by atoms with Gasteiger partial charge in [0.2, 0.25) is 0 Å². The molecular formula is C18H16ClFN4. The lowest BCUT2D eigenvalue weighted by molar-refractivity contribution is 0.634. The Hall–Kier alpha value is -2.40. The van der Waals surface area contributed by atoms with E-state index in [4.69, 9.17) is 11.6 Å². The first kappa shape index (κ1) is 15.1. The average Bonchev–Trinajstić information content (AvgIpc) is 2.63. The number of benzene rings is 2. The highest BCUT2D eigenvalue weighted by atomic mass is 35.5. The Bertz CT molecular complexity index is 861. The molecule has 2 aromatic carbocycles. The van der Waals surface area contributed by atoms with Crippen LogP contribution < -0.4 is 9.80 Å². The van der Waals surface area contributed by atoms with Crippen LogP contribution in [0.1, 0.15) is 0 Å². The van der Waals surface area contributed by atoms with Crippen LogP contribution in [0.5, 0.6) is 0 Å². The number of fused-ring (bicyclic) bond motifs is 1. The minimum absolute atomic E-state index is 0.309. The van der Waals surface area contributed by atoms with E-state index < -0.39 is 0 Å². The van der Waals surface area contributed by atoms with Crippen LogP contribution in [0.15, 0.2) is 48.8 Å². The van der Waals surface area contributed by atoms with Crippen molar-refractivity contribution >= 4 is 34.0 Å². The van der Waals surface area contributed by atoms with Crippen molar-refractivity contribution in [2.75, 3.05) is 36.0 Å². The molecule has 2 heterocycles. The summed E-state index contributed by atoms with van der Waals surface area (Å²) >= 11 is 5.95. The van der Waals surface area contributed by atoms with Gasteiger partial charge in [0.15, 0.2) is 0 Å². The van der Waals surface area contributed by atoms with Crippen molar-refractivity contribution in [2.24, 2.45) is 0 Å².